The van der Waals surface area contributed by atoms with Crippen molar-refractivity contribution in [2.45, 2.75) is 26.4 Å². The molecule has 0 aromatic carbocycles. The fourth-order valence-corrected chi connectivity index (χ4v) is 4.17. The van der Waals surface area contributed by atoms with Gasteiger partial charge in [-0.15, -0.1) is 0 Å². The van der Waals surface area contributed by atoms with Crippen molar-refractivity contribution in [1.82, 2.24) is 19.3 Å². The Bertz CT molecular complexity index is 1070. The molecule has 0 saturated carbocycles. The summed E-state index contributed by atoms with van der Waals surface area (Å²) in [7, 11) is 1.40. The van der Waals surface area contributed by atoms with E-state index in [1.54, 1.807) is 11.1 Å². The van der Waals surface area contributed by atoms with Gasteiger partial charge in [-0.1, -0.05) is 0 Å². The zero-order valence-corrected chi connectivity index (χ0v) is 18.3. The summed E-state index contributed by atoms with van der Waals surface area (Å²) in [5.41, 5.74) is 5.78. The maximum Gasteiger partial charge on any atom is 0.409 e. The Balaban J connectivity index is 1.75. The number of fused-ring (bicyclic) bond motifs is 1. The Hall–Kier alpha value is -2.45. The van der Waals surface area contributed by atoms with Crippen LogP contribution in [0.5, 0.6) is 0 Å². The number of imidazole rings is 1. The minimum absolute atomic E-state index is 0.140. The van der Waals surface area contributed by atoms with Crippen molar-refractivity contribution in [3.05, 3.63) is 51.9 Å². The SMILES string of the molecule is COC(=O)N1CCO[C@@H](Cc2c(-c3ncc(Br)cc3C)nc3cc(C)ccn23)C1. The van der Waals surface area contributed by atoms with Crippen molar-refractivity contribution in [1.29, 1.82) is 0 Å². The van der Waals surface area contributed by atoms with Crippen LogP contribution in [0.25, 0.3) is 17.0 Å². The molecule has 8 heteroatoms. The molecule has 0 spiro atoms. The van der Waals surface area contributed by atoms with Gasteiger partial charge in [-0.3, -0.25) is 4.98 Å². The number of morpholine rings is 1. The molecule has 0 aliphatic carbocycles. The quantitative estimate of drug-likeness (QED) is 0.597. The predicted molar refractivity (Wildman–Crippen MR) is 113 cm³/mol. The Labute approximate surface area is 177 Å². The monoisotopic (exact) mass is 458 g/mol. The second-order valence-electron chi connectivity index (χ2n) is 7.27. The van der Waals surface area contributed by atoms with Gasteiger partial charge in [0, 0.05) is 29.8 Å². The lowest BCUT2D eigenvalue weighted by Crippen LogP contribution is -2.46. The van der Waals surface area contributed by atoms with E-state index in [4.69, 9.17) is 14.5 Å². The van der Waals surface area contributed by atoms with E-state index in [-0.39, 0.29) is 12.2 Å². The molecule has 1 aliphatic heterocycles. The first kappa shape index (κ1) is 19.8. The van der Waals surface area contributed by atoms with Crippen molar-refractivity contribution in [2.24, 2.45) is 0 Å². The van der Waals surface area contributed by atoms with Crippen LogP contribution in [0, 0.1) is 13.8 Å². The molecule has 0 radical (unpaired) electrons. The molecule has 1 fully saturated rings. The molecule has 4 rings (SSSR count). The van der Waals surface area contributed by atoms with Crippen molar-refractivity contribution in [3.8, 4) is 11.4 Å². The molecule has 3 aromatic rings. The Morgan fingerprint density at radius 2 is 2.17 bits per heavy atom. The van der Waals surface area contributed by atoms with Crippen LogP contribution in [0.15, 0.2) is 35.1 Å². The largest absolute Gasteiger partial charge is 0.453 e. The number of halogens is 1. The number of carbonyl (C=O) groups excluding carboxylic acids is 1. The van der Waals surface area contributed by atoms with Crippen LogP contribution < -0.4 is 0 Å². The molecule has 1 aliphatic rings. The second kappa shape index (κ2) is 8.12. The van der Waals surface area contributed by atoms with Crippen molar-refractivity contribution in [2.75, 3.05) is 26.8 Å². The maximum atomic E-state index is 11.9. The summed E-state index contributed by atoms with van der Waals surface area (Å²) in [5, 5.41) is 0. The standard InChI is InChI=1S/C21H23BrN4O3/c1-13-4-5-26-17(10-16-12-25(6-7-29-16)21(27)28-3)20(24-18(26)8-13)19-14(2)9-15(22)11-23-19/h4-5,8-9,11,16H,6-7,10,12H2,1-3H3/t16-/m0/s1. The lowest BCUT2D eigenvalue weighted by molar-refractivity contribution is -0.0241. The number of aromatic nitrogens is 3. The topological polar surface area (TPSA) is 69.0 Å². The molecule has 1 amide bonds. The highest BCUT2D eigenvalue weighted by Gasteiger charge is 2.28. The number of pyridine rings is 2. The molecular formula is C21H23BrN4O3. The van der Waals surface area contributed by atoms with Crippen molar-refractivity contribution < 1.29 is 14.3 Å². The summed E-state index contributed by atoms with van der Waals surface area (Å²) in [5.74, 6) is 0. The van der Waals surface area contributed by atoms with Crippen LogP contribution in [0.3, 0.4) is 0 Å². The van der Waals surface area contributed by atoms with Crippen LogP contribution in [0.2, 0.25) is 0 Å². The Kier molecular flexibility index (Phi) is 5.56. The minimum Gasteiger partial charge on any atom is -0.453 e. The Morgan fingerprint density at radius 3 is 2.93 bits per heavy atom. The van der Waals surface area contributed by atoms with Crippen LogP contribution >= 0.6 is 15.9 Å². The first-order chi connectivity index (χ1) is 14.0. The molecule has 0 bridgehead atoms. The highest BCUT2D eigenvalue weighted by molar-refractivity contribution is 9.10. The average molecular weight is 459 g/mol. The predicted octanol–water partition coefficient (Wildman–Crippen LogP) is 3.79. The summed E-state index contributed by atoms with van der Waals surface area (Å²) < 4.78 is 13.9. The molecule has 0 N–H and O–H groups in total. The van der Waals surface area contributed by atoms with Gasteiger partial charge in [0.05, 0.1) is 37.8 Å². The normalized spacial score (nSPS) is 17.0. The van der Waals surface area contributed by atoms with E-state index in [1.165, 1.54) is 7.11 Å². The fraction of sp³-hybridized carbons (Fsp3) is 0.381. The van der Waals surface area contributed by atoms with Gasteiger partial charge in [-0.25, -0.2) is 9.78 Å². The number of carbonyl (C=O) groups is 1. The number of methoxy groups -OCH3 is 1. The first-order valence-electron chi connectivity index (χ1n) is 9.51. The van der Waals surface area contributed by atoms with Gasteiger partial charge in [-0.2, -0.15) is 0 Å². The average Bonchev–Trinajstić information content (AvgIpc) is 3.04. The van der Waals surface area contributed by atoms with E-state index in [0.29, 0.717) is 26.1 Å². The molecule has 1 saturated heterocycles. The molecule has 3 aromatic heterocycles. The van der Waals surface area contributed by atoms with Gasteiger partial charge in [0.15, 0.2) is 0 Å². The summed E-state index contributed by atoms with van der Waals surface area (Å²) in [6.07, 6.45) is 3.98. The third-order valence-electron chi connectivity index (χ3n) is 5.14. The van der Waals surface area contributed by atoms with E-state index in [2.05, 4.69) is 44.4 Å². The Morgan fingerprint density at radius 1 is 1.34 bits per heavy atom. The van der Waals surface area contributed by atoms with Crippen LogP contribution in [0.1, 0.15) is 16.8 Å². The van der Waals surface area contributed by atoms with E-state index < -0.39 is 0 Å². The molecule has 0 unspecified atom stereocenters. The minimum atomic E-state index is -0.322. The van der Waals surface area contributed by atoms with Gasteiger partial charge in [0.25, 0.3) is 0 Å². The molecular weight excluding hydrogens is 436 g/mol. The summed E-state index contributed by atoms with van der Waals surface area (Å²) in [6.45, 7) is 5.59. The van der Waals surface area contributed by atoms with Gasteiger partial charge in [0.2, 0.25) is 0 Å². The molecule has 152 valence electrons. The lowest BCUT2D eigenvalue weighted by atomic mass is 10.1. The number of rotatable bonds is 3. The highest BCUT2D eigenvalue weighted by atomic mass is 79.9. The van der Waals surface area contributed by atoms with E-state index >= 15 is 0 Å². The summed E-state index contributed by atoms with van der Waals surface area (Å²) in [4.78, 5) is 23.2. The van der Waals surface area contributed by atoms with E-state index in [1.807, 2.05) is 19.2 Å². The van der Waals surface area contributed by atoms with E-state index in [0.717, 1.165) is 38.3 Å². The maximum absolute atomic E-state index is 11.9. The number of ether oxygens (including phenoxy) is 2. The number of hydrogen-bond acceptors (Lipinski definition) is 5. The molecule has 1 atom stereocenters. The van der Waals surface area contributed by atoms with Gasteiger partial charge >= 0.3 is 6.09 Å². The zero-order valence-electron chi connectivity index (χ0n) is 16.7. The number of aryl methyl sites for hydroxylation is 2. The van der Waals surface area contributed by atoms with Crippen molar-refractivity contribution >= 4 is 27.7 Å². The van der Waals surface area contributed by atoms with E-state index in [9.17, 15) is 4.79 Å². The summed E-state index contributed by atoms with van der Waals surface area (Å²) >= 11 is 3.48. The smallest absolute Gasteiger partial charge is 0.409 e. The van der Waals surface area contributed by atoms with Crippen LogP contribution in [-0.2, 0) is 15.9 Å². The summed E-state index contributed by atoms with van der Waals surface area (Å²) in [6, 6.07) is 6.16. The third-order valence-corrected chi connectivity index (χ3v) is 5.58. The first-order valence-corrected chi connectivity index (χ1v) is 10.3. The highest BCUT2D eigenvalue weighted by Crippen LogP contribution is 2.29. The molecule has 29 heavy (non-hydrogen) atoms. The van der Waals surface area contributed by atoms with Crippen molar-refractivity contribution in [3.63, 3.8) is 0 Å². The van der Waals surface area contributed by atoms with Crippen LogP contribution in [-0.4, -0.2) is 58.3 Å². The molecule has 4 heterocycles. The zero-order chi connectivity index (χ0) is 20.5. The van der Waals surface area contributed by atoms with Gasteiger partial charge in [-0.05, 0) is 59.1 Å². The van der Waals surface area contributed by atoms with Crippen LogP contribution in [0.4, 0.5) is 4.79 Å². The van der Waals surface area contributed by atoms with Gasteiger partial charge in [0.1, 0.15) is 11.3 Å². The fourth-order valence-electron chi connectivity index (χ4n) is 3.72. The second-order valence-corrected chi connectivity index (χ2v) is 8.19. The number of hydrogen-bond donors (Lipinski definition) is 0. The lowest BCUT2D eigenvalue weighted by Gasteiger charge is -2.32. The number of nitrogens with zero attached hydrogens (tertiary/aromatic N) is 4. The van der Waals surface area contributed by atoms with Gasteiger partial charge < -0.3 is 18.8 Å². The molecule has 7 nitrogen and oxygen atoms in total. The number of amides is 1. The third kappa shape index (κ3) is 4.00.